The summed E-state index contributed by atoms with van der Waals surface area (Å²) < 4.78 is 5.02. The van der Waals surface area contributed by atoms with Crippen LogP contribution in [0.5, 0.6) is 11.5 Å². The van der Waals surface area contributed by atoms with Gasteiger partial charge in [0, 0.05) is 39.1 Å². The largest absolute Gasteiger partial charge is 0.504 e. The summed E-state index contributed by atoms with van der Waals surface area (Å²) in [4.78, 5) is 16.4. The highest BCUT2D eigenvalue weighted by molar-refractivity contribution is 5.83. The number of ether oxygens (including phenoxy) is 1. The molecule has 1 aromatic carbocycles. The molecular weight excluding hydrogens is 296 g/mol. The van der Waals surface area contributed by atoms with Crippen molar-refractivity contribution in [3.8, 4) is 11.5 Å². The van der Waals surface area contributed by atoms with Gasteiger partial charge in [0.05, 0.1) is 13.3 Å². The number of aromatic hydroxyl groups is 1. The lowest BCUT2D eigenvalue weighted by molar-refractivity contribution is -0.121. The Bertz CT molecular complexity index is 554. The number of hydrogen-bond acceptors (Lipinski definition) is 6. The second-order valence-electron chi connectivity index (χ2n) is 5.62. The van der Waals surface area contributed by atoms with Crippen molar-refractivity contribution in [2.45, 2.75) is 6.42 Å². The fraction of sp³-hybridized carbons (Fsp3) is 0.500. The number of benzene rings is 1. The molecular formula is C16H24N4O3. The Morgan fingerprint density at radius 3 is 2.83 bits per heavy atom. The van der Waals surface area contributed by atoms with Gasteiger partial charge in [0.15, 0.2) is 11.5 Å². The maximum Gasteiger partial charge on any atom is 0.241 e. The van der Waals surface area contributed by atoms with Crippen LogP contribution in [0.1, 0.15) is 12.0 Å². The number of likely N-dealkylation sites (N-methyl/N-ethyl adjacent to an activating group) is 1. The monoisotopic (exact) mass is 320 g/mol. The lowest BCUT2D eigenvalue weighted by Crippen LogP contribution is -2.45. The molecule has 1 aliphatic rings. The number of carbonyl (C=O) groups is 1. The van der Waals surface area contributed by atoms with E-state index in [4.69, 9.17) is 4.74 Å². The van der Waals surface area contributed by atoms with E-state index in [1.807, 2.05) is 0 Å². The molecule has 0 spiro atoms. The summed E-state index contributed by atoms with van der Waals surface area (Å²) in [6, 6.07) is 4.86. The molecule has 1 heterocycles. The molecule has 1 aliphatic heterocycles. The number of nitrogens with one attached hydrogen (secondary N) is 1. The molecule has 0 bridgehead atoms. The van der Waals surface area contributed by atoms with E-state index < -0.39 is 0 Å². The Labute approximate surface area is 136 Å². The van der Waals surface area contributed by atoms with Gasteiger partial charge in [-0.3, -0.25) is 4.79 Å². The Balaban J connectivity index is 1.73. The molecule has 1 amide bonds. The standard InChI is InChI=1S/C16H24N4O3/c1-19-7-9-20(10-8-19)6-5-16(22)18-17-12-13-3-4-14(21)15(11-13)23-2/h3-4,11-12,21H,5-10H2,1-2H3,(H,18,22)/b17-12-. The van der Waals surface area contributed by atoms with Crippen LogP contribution in [0.15, 0.2) is 23.3 Å². The van der Waals surface area contributed by atoms with Gasteiger partial charge in [0.25, 0.3) is 0 Å². The Morgan fingerprint density at radius 2 is 2.13 bits per heavy atom. The zero-order chi connectivity index (χ0) is 16.7. The van der Waals surface area contributed by atoms with Crippen LogP contribution in [-0.4, -0.2) is 73.9 Å². The zero-order valence-corrected chi connectivity index (χ0v) is 13.7. The molecule has 0 radical (unpaired) electrons. The normalized spacial score (nSPS) is 16.6. The van der Waals surface area contributed by atoms with Gasteiger partial charge in [-0.1, -0.05) is 0 Å². The molecule has 7 heteroatoms. The van der Waals surface area contributed by atoms with Crippen molar-refractivity contribution in [1.29, 1.82) is 0 Å². The van der Waals surface area contributed by atoms with Crippen molar-refractivity contribution >= 4 is 12.1 Å². The molecule has 0 saturated carbocycles. The summed E-state index contributed by atoms with van der Waals surface area (Å²) in [5.41, 5.74) is 3.26. The number of nitrogens with zero attached hydrogens (tertiary/aromatic N) is 3. The van der Waals surface area contributed by atoms with Crippen LogP contribution in [0.4, 0.5) is 0 Å². The fourth-order valence-electron chi connectivity index (χ4n) is 2.34. The predicted octanol–water partition coefficient (Wildman–Crippen LogP) is 0.488. The summed E-state index contributed by atoms with van der Waals surface area (Å²) in [5, 5.41) is 13.4. The Kier molecular flexibility index (Phi) is 6.37. The number of rotatable bonds is 6. The van der Waals surface area contributed by atoms with E-state index in [1.165, 1.54) is 19.4 Å². The third kappa shape index (κ3) is 5.54. The Hall–Kier alpha value is -2.12. The summed E-state index contributed by atoms with van der Waals surface area (Å²) in [5.74, 6) is 0.335. The number of hydrazone groups is 1. The average Bonchev–Trinajstić information content (AvgIpc) is 2.56. The van der Waals surface area contributed by atoms with Crippen LogP contribution in [0.25, 0.3) is 0 Å². The van der Waals surface area contributed by atoms with Gasteiger partial charge in [0.1, 0.15) is 0 Å². The van der Waals surface area contributed by atoms with Crippen LogP contribution in [0.3, 0.4) is 0 Å². The van der Waals surface area contributed by atoms with Gasteiger partial charge in [-0.2, -0.15) is 5.10 Å². The first kappa shape index (κ1) is 17.2. The topological polar surface area (TPSA) is 77.4 Å². The third-order valence-corrected chi connectivity index (χ3v) is 3.86. The van der Waals surface area contributed by atoms with E-state index in [9.17, 15) is 9.90 Å². The van der Waals surface area contributed by atoms with Crippen molar-refractivity contribution in [2.75, 3.05) is 46.9 Å². The highest BCUT2D eigenvalue weighted by Crippen LogP contribution is 2.25. The molecule has 1 saturated heterocycles. The Morgan fingerprint density at radius 1 is 1.39 bits per heavy atom. The summed E-state index contributed by atoms with van der Waals surface area (Å²) in [6.07, 6.45) is 1.95. The lowest BCUT2D eigenvalue weighted by Gasteiger charge is -2.32. The smallest absolute Gasteiger partial charge is 0.241 e. The van der Waals surface area contributed by atoms with E-state index in [0.717, 1.165) is 38.3 Å². The number of phenols is 1. The summed E-state index contributed by atoms with van der Waals surface area (Å²) in [6.45, 7) is 4.84. The molecule has 0 aliphatic carbocycles. The first-order valence-corrected chi connectivity index (χ1v) is 7.68. The van der Waals surface area contributed by atoms with Crippen molar-refractivity contribution in [3.05, 3.63) is 23.8 Å². The van der Waals surface area contributed by atoms with Crippen molar-refractivity contribution in [3.63, 3.8) is 0 Å². The molecule has 2 rings (SSSR count). The number of phenolic OH excluding ortho intramolecular Hbond substituents is 1. The fourth-order valence-corrected chi connectivity index (χ4v) is 2.34. The number of hydrogen-bond donors (Lipinski definition) is 2. The SMILES string of the molecule is COc1cc(/C=N\NC(=O)CCN2CCN(C)CC2)ccc1O. The first-order chi connectivity index (χ1) is 11.1. The number of carbonyl (C=O) groups excluding carboxylic acids is 1. The molecule has 2 N–H and O–H groups in total. The number of amides is 1. The van der Waals surface area contributed by atoms with Gasteiger partial charge in [-0.05, 0) is 30.8 Å². The maximum atomic E-state index is 11.8. The van der Waals surface area contributed by atoms with Gasteiger partial charge in [-0.15, -0.1) is 0 Å². The second kappa shape index (κ2) is 8.50. The molecule has 23 heavy (non-hydrogen) atoms. The van der Waals surface area contributed by atoms with Crippen molar-refractivity contribution < 1.29 is 14.6 Å². The zero-order valence-electron chi connectivity index (χ0n) is 13.7. The highest BCUT2D eigenvalue weighted by atomic mass is 16.5. The summed E-state index contributed by atoms with van der Waals surface area (Å²) in [7, 11) is 3.59. The highest BCUT2D eigenvalue weighted by Gasteiger charge is 2.14. The van der Waals surface area contributed by atoms with E-state index >= 15 is 0 Å². The van der Waals surface area contributed by atoms with Crippen LogP contribution < -0.4 is 10.2 Å². The first-order valence-electron chi connectivity index (χ1n) is 7.68. The van der Waals surface area contributed by atoms with Crippen LogP contribution >= 0.6 is 0 Å². The van der Waals surface area contributed by atoms with Crippen molar-refractivity contribution in [2.24, 2.45) is 5.10 Å². The van der Waals surface area contributed by atoms with E-state index in [0.29, 0.717) is 12.2 Å². The quantitative estimate of drug-likeness (QED) is 0.589. The minimum Gasteiger partial charge on any atom is -0.504 e. The molecule has 1 aromatic rings. The minimum absolute atomic E-state index is 0.0702. The van der Waals surface area contributed by atoms with Crippen LogP contribution in [0.2, 0.25) is 0 Å². The second-order valence-corrected chi connectivity index (χ2v) is 5.62. The van der Waals surface area contributed by atoms with E-state index in [2.05, 4.69) is 27.4 Å². The predicted molar refractivity (Wildman–Crippen MR) is 88.9 cm³/mol. The average molecular weight is 320 g/mol. The van der Waals surface area contributed by atoms with Crippen molar-refractivity contribution in [1.82, 2.24) is 15.2 Å². The van der Waals surface area contributed by atoms with E-state index in [1.54, 1.807) is 12.1 Å². The minimum atomic E-state index is -0.106. The van der Waals surface area contributed by atoms with Gasteiger partial charge in [0.2, 0.25) is 5.91 Å². The van der Waals surface area contributed by atoms with Crippen LogP contribution in [-0.2, 0) is 4.79 Å². The molecule has 126 valence electrons. The lowest BCUT2D eigenvalue weighted by atomic mass is 10.2. The van der Waals surface area contributed by atoms with Gasteiger partial charge >= 0.3 is 0 Å². The number of methoxy groups -OCH3 is 1. The van der Waals surface area contributed by atoms with Gasteiger partial charge < -0.3 is 19.6 Å². The molecule has 0 unspecified atom stereocenters. The molecule has 0 aromatic heterocycles. The van der Waals surface area contributed by atoms with E-state index in [-0.39, 0.29) is 11.7 Å². The maximum absolute atomic E-state index is 11.8. The molecule has 1 fully saturated rings. The molecule has 7 nitrogen and oxygen atoms in total. The third-order valence-electron chi connectivity index (χ3n) is 3.86. The summed E-state index contributed by atoms with van der Waals surface area (Å²) >= 11 is 0. The van der Waals surface area contributed by atoms with Gasteiger partial charge in [-0.25, -0.2) is 5.43 Å². The van der Waals surface area contributed by atoms with Crippen LogP contribution in [0, 0.1) is 0 Å². The number of piperazine rings is 1. The molecule has 0 atom stereocenters.